The van der Waals surface area contributed by atoms with Crippen molar-refractivity contribution in [1.82, 2.24) is 0 Å². The highest BCUT2D eigenvalue weighted by molar-refractivity contribution is 4.92. The van der Waals surface area contributed by atoms with E-state index in [1.165, 1.54) is 51.4 Å². The van der Waals surface area contributed by atoms with Crippen LogP contribution in [-0.4, -0.2) is 17.8 Å². The van der Waals surface area contributed by atoms with Crippen molar-refractivity contribution in [3.05, 3.63) is 12.2 Å². The second-order valence-corrected chi connectivity index (χ2v) is 9.71. The number of halogens is 2. The van der Waals surface area contributed by atoms with Crippen LogP contribution in [-0.2, 0) is 0 Å². The molecular weight excluding hydrogens is 354 g/mol. The summed E-state index contributed by atoms with van der Waals surface area (Å²) >= 11 is 0. The van der Waals surface area contributed by atoms with E-state index < -0.39 is 12.3 Å². The zero-order valence-corrected chi connectivity index (χ0v) is 17.5. The molecule has 0 amide bonds. The van der Waals surface area contributed by atoms with Crippen LogP contribution in [0.2, 0.25) is 0 Å². The van der Waals surface area contributed by atoms with Crippen LogP contribution in [0.5, 0.6) is 0 Å². The summed E-state index contributed by atoms with van der Waals surface area (Å²) in [5, 5.41) is 0. The lowest BCUT2D eigenvalue weighted by atomic mass is 9.64. The standard InChI is InChI=1S/C24H40F2.CH4.H2O.2H2/c1-3-4-5-6-18-8-10-19(11-9-18)20-12-14-21(15-13-20)22-16-7-17(2)23(25)24(22)26;;;;/h3-4,17-24H,5-16H2,1-2H3;1H4;1H2;2*1H/b4-3+;;;;. The van der Waals surface area contributed by atoms with Gasteiger partial charge in [0.05, 0.1) is 0 Å². The zero-order chi connectivity index (χ0) is 18.5. The van der Waals surface area contributed by atoms with Crippen molar-refractivity contribution < 1.29 is 17.1 Å². The van der Waals surface area contributed by atoms with Gasteiger partial charge < -0.3 is 5.48 Å². The van der Waals surface area contributed by atoms with Gasteiger partial charge in [0.1, 0.15) is 12.3 Å². The van der Waals surface area contributed by atoms with Crippen molar-refractivity contribution in [1.29, 1.82) is 0 Å². The van der Waals surface area contributed by atoms with E-state index in [1.54, 1.807) is 0 Å². The normalized spacial score (nSPS) is 41.9. The third-order valence-corrected chi connectivity index (χ3v) is 8.17. The van der Waals surface area contributed by atoms with Crippen molar-refractivity contribution in [3.8, 4) is 0 Å². The summed E-state index contributed by atoms with van der Waals surface area (Å²) < 4.78 is 28.6. The third-order valence-electron chi connectivity index (χ3n) is 8.17. The molecule has 0 aromatic rings. The van der Waals surface area contributed by atoms with E-state index in [1.807, 2.05) is 6.92 Å². The fourth-order valence-electron chi connectivity index (χ4n) is 6.31. The molecule has 3 saturated carbocycles. The Bertz CT molecular complexity index is 446. The van der Waals surface area contributed by atoms with Gasteiger partial charge in [-0.3, -0.25) is 0 Å². The molecule has 0 bridgehead atoms. The maximum atomic E-state index is 14.5. The minimum atomic E-state index is -1.22. The first-order chi connectivity index (χ1) is 12.6. The van der Waals surface area contributed by atoms with E-state index in [0.717, 1.165) is 43.4 Å². The molecule has 4 unspecified atom stereocenters. The second-order valence-electron chi connectivity index (χ2n) is 9.71. The van der Waals surface area contributed by atoms with Gasteiger partial charge in [-0.15, -0.1) is 0 Å². The average molecular weight is 405 g/mol. The van der Waals surface area contributed by atoms with Crippen molar-refractivity contribution in [2.45, 2.75) is 111 Å². The molecule has 170 valence electrons. The minimum absolute atomic E-state index is 0. The van der Waals surface area contributed by atoms with Gasteiger partial charge in [0, 0.05) is 2.85 Å². The molecule has 0 heterocycles. The monoisotopic (exact) mass is 404 g/mol. The Morgan fingerprint density at radius 3 is 1.89 bits per heavy atom. The van der Waals surface area contributed by atoms with Crippen molar-refractivity contribution in [3.63, 3.8) is 0 Å². The molecule has 0 aromatic heterocycles. The summed E-state index contributed by atoms with van der Waals surface area (Å²) in [7, 11) is 0. The summed E-state index contributed by atoms with van der Waals surface area (Å²) in [4.78, 5) is 0. The van der Waals surface area contributed by atoms with Crippen molar-refractivity contribution in [2.75, 3.05) is 0 Å². The first-order valence-corrected chi connectivity index (χ1v) is 11.5. The van der Waals surface area contributed by atoms with E-state index >= 15 is 0 Å². The molecule has 28 heavy (non-hydrogen) atoms. The first kappa shape index (κ1) is 25.6. The van der Waals surface area contributed by atoms with Gasteiger partial charge in [-0.1, -0.05) is 39.3 Å². The van der Waals surface area contributed by atoms with Crippen LogP contribution >= 0.6 is 0 Å². The molecule has 4 atom stereocenters. The maximum absolute atomic E-state index is 14.5. The molecule has 0 saturated heterocycles. The van der Waals surface area contributed by atoms with Gasteiger partial charge in [-0.05, 0) is 107 Å². The lowest BCUT2D eigenvalue weighted by Gasteiger charge is -2.43. The Hall–Kier alpha value is -0.440. The highest BCUT2D eigenvalue weighted by atomic mass is 19.2. The largest absolute Gasteiger partial charge is 0.412 e. The Morgan fingerprint density at radius 1 is 0.786 bits per heavy atom. The van der Waals surface area contributed by atoms with Gasteiger partial charge in [0.2, 0.25) is 0 Å². The molecule has 2 N–H and O–H groups in total. The molecule has 3 rings (SSSR count). The van der Waals surface area contributed by atoms with E-state index in [4.69, 9.17) is 0 Å². The number of allylic oxidation sites excluding steroid dienone is 2. The number of hydrogen-bond donors (Lipinski definition) is 0. The summed E-state index contributed by atoms with van der Waals surface area (Å²) in [5.74, 6) is 3.09. The predicted octanol–water partition coefficient (Wildman–Crippen LogP) is 7.98. The Morgan fingerprint density at radius 2 is 1.32 bits per heavy atom. The molecule has 1 nitrogen and oxygen atoms in total. The van der Waals surface area contributed by atoms with E-state index in [-0.39, 0.29) is 27.6 Å². The van der Waals surface area contributed by atoms with Crippen molar-refractivity contribution in [2.24, 2.45) is 35.5 Å². The number of hydrogen-bond acceptors (Lipinski definition) is 0. The minimum Gasteiger partial charge on any atom is -0.412 e. The Kier molecular flexibility index (Phi) is 11.2. The van der Waals surface area contributed by atoms with Crippen LogP contribution in [0.1, 0.15) is 101 Å². The molecule has 0 aliphatic heterocycles. The van der Waals surface area contributed by atoms with Gasteiger partial charge in [-0.25, -0.2) is 8.78 Å². The van der Waals surface area contributed by atoms with Gasteiger partial charge in [0.15, 0.2) is 0 Å². The van der Waals surface area contributed by atoms with Crippen LogP contribution in [0.3, 0.4) is 0 Å². The van der Waals surface area contributed by atoms with E-state index in [0.29, 0.717) is 5.92 Å². The molecule has 3 aliphatic rings. The average Bonchev–Trinajstić information content (AvgIpc) is 2.67. The molecular formula is C25H50F2O. The smallest absolute Gasteiger partial charge is 0.134 e. The predicted molar refractivity (Wildman–Crippen MR) is 121 cm³/mol. The Balaban J connectivity index is 0. The molecule has 0 spiro atoms. The van der Waals surface area contributed by atoms with Crippen LogP contribution in [0.25, 0.3) is 0 Å². The molecule has 3 heteroatoms. The van der Waals surface area contributed by atoms with Gasteiger partial charge >= 0.3 is 0 Å². The Labute approximate surface area is 176 Å². The zero-order valence-electron chi connectivity index (χ0n) is 17.5. The highest BCUT2D eigenvalue weighted by Crippen LogP contribution is 2.47. The maximum Gasteiger partial charge on any atom is 0.134 e. The lowest BCUT2D eigenvalue weighted by Crippen LogP contribution is -2.41. The quantitative estimate of drug-likeness (QED) is 0.416. The number of alkyl halides is 2. The van der Waals surface area contributed by atoms with E-state index in [2.05, 4.69) is 19.1 Å². The van der Waals surface area contributed by atoms with Gasteiger partial charge in [0.25, 0.3) is 0 Å². The summed E-state index contributed by atoms with van der Waals surface area (Å²) in [6.07, 6.45) is 17.0. The molecule has 3 aliphatic carbocycles. The number of rotatable bonds is 5. The molecule has 3 fully saturated rings. The second kappa shape index (κ2) is 12.3. The lowest BCUT2D eigenvalue weighted by molar-refractivity contribution is -0.0101. The molecule has 0 radical (unpaired) electrons. The highest BCUT2D eigenvalue weighted by Gasteiger charge is 2.43. The topological polar surface area (TPSA) is 31.5 Å². The van der Waals surface area contributed by atoms with Crippen LogP contribution in [0.15, 0.2) is 12.2 Å². The summed E-state index contributed by atoms with van der Waals surface area (Å²) in [6.45, 7) is 3.99. The molecule has 0 aromatic carbocycles. The summed E-state index contributed by atoms with van der Waals surface area (Å²) in [6, 6.07) is 0. The fraction of sp³-hybridized carbons (Fsp3) is 0.920. The summed E-state index contributed by atoms with van der Waals surface area (Å²) in [5.41, 5.74) is 0. The van der Waals surface area contributed by atoms with Crippen LogP contribution < -0.4 is 0 Å². The van der Waals surface area contributed by atoms with Gasteiger partial charge in [-0.2, -0.15) is 0 Å². The third kappa shape index (κ3) is 6.28. The van der Waals surface area contributed by atoms with E-state index in [9.17, 15) is 8.78 Å². The van der Waals surface area contributed by atoms with Crippen LogP contribution in [0.4, 0.5) is 8.78 Å². The SMILES string of the molecule is C.C/C=C/CCC1CCC(C2CCC(C3CCC(C)C(F)C3F)CC2)CC1.O.[HH].[HH]. The van der Waals surface area contributed by atoms with Crippen molar-refractivity contribution >= 4 is 0 Å². The van der Waals surface area contributed by atoms with Crippen LogP contribution in [0, 0.1) is 35.5 Å². The first-order valence-electron chi connectivity index (χ1n) is 11.5. The fourth-order valence-corrected chi connectivity index (χ4v) is 6.31.